The number of aliphatic hydroxyl groups excluding tert-OH is 1. The molecular formula is C9H14N2O2S. The predicted octanol–water partition coefficient (Wildman–Crippen LogP) is 1.45. The molecular weight excluding hydrogens is 200 g/mol. The van der Waals surface area contributed by atoms with Crippen LogP contribution >= 0.6 is 11.5 Å². The van der Waals surface area contributed by atoms with Crippen molar-refractivity contribution in [1.82, 2.24) is 9.59 Å². The first-order chi connectivity index (χ1) is 6.64. The predicted molar refractivity (Wildman–Crippen MR) is 53.2 cm³/mol. The molecule has 1 N–H and O–H groups in total. The summed E-state index contributed by atoms with van der Waals surface area (Å²) in [6, 6.07) is 0. The van der Waals surface area contributed by atoms with Crippen LogP contribution in [0.2, 0.25) is 0 Å². The molecule has 1 aromatic heterocycles. The average molecular weight is 214 g/mol. The molecule has 1 aliphatic heterocycles. The number of hydrogen-bond donors (Lipinski definition) is 1. The lowest BCUT2D eigenvalue weighted by Crippen LogP contribution is -2.27. The standard InChI is InChI=1S/C9H14N2O2S/c1-6-8(14-11-10-6)7-3-4-9(2,5-12)13-7/h7,12H,3-5H2,1-2H3. The van der Waals surface area contributed by atoms with Crippen molar-refractivity contribution in [3.63, 3.8) is 0 Å². The lowest BCUT2D eigenvalue weighted by molar-refractivity contribution is -0.0609. The van der Waals surface area contributed by atoms with E-state index in [4.69, 9.17) is 9.84 Å². The molecule has 0 amide bonds. The van der Waals surface area contributed by atoms with Crippen molar-refractivity contribution >= 4 is 11.5 Å². The largest absolute Gasteiger partial charge is 0.393 e. The average Bonchev–Trinajstić information content (AvgIpc) is 2.73. The van der Waals surface area contributed by atoms with Crippen LogP contribution in [0.3, 0.4) is 0 Å². The van der Waals surface area contributed by atoms with Gasteiger partial charge >= 0.3 is 0 Å². The molecule has 0 bridgehead atoms. The Bertz CT molecular complexity index is 328. The number of ether oxygens (including phenoxy) is 1. The molecule has 2 unspecified atom stereocenters. The fourth-order valence-corrected chi connectivity index (χ4v) is 2.44. The zero-order valence-corrected chi connectivity index (χ0v) is 9.17. The summed E-state index contributed by atoms with van der Waals surface area (Å²) in [5.41, 5.74) is 0.573. The van der Waals surface area contributed by atoms with Crippen LogP contribution < -0.4 is 0 Å². The Morgan fingerprint density at radius 2 is 2.50 bits per heavy atom. The van der Waals surface area contributed by atoms with E-state index in [1.807, 2.05) is 13.8 Å². The van der Waals surface area contributed by atoms with Gasteiger partial charge in [0.2, 0.25) is 0 Å². The van der Waals surface area contributed by atoms with Gasteiger partial charge in [0.1, 0.15) is 0 Å². The van der Waals surface area contributed by atoms with Gasteiger partial charge in [-0.2, -0.15) is 0 Å². The molecule has 2 atom stereocenters. The van der Waals surface area contributed by atoms with Crippen LogP contribution in [0, 0.1) is 6.92 Å². The molecule has 1 aliphatic rings. The second-order valence-electron chi connectivity index (χ2n) is 3.98. The van der Waals surface area contributed by atoms with Gasteiger partial charge in [-0.25, -0.2) is 0 Å². The summed E-state index contributed by atoms with van der Waals surface area (Å²) >= 11 is 1.39. The van der Waals surface area contributed by atoms with Gasteiger partial charge in [-0.3, -0.25) is 0 Å². The second kappa shape index (κ2) is 3.56. The first-order valence-corrected chi connectivity index (χ1v) is 5.49. The molecule has 0 radical (unpaired) electrons. The Hall–Kier alpha value is -0.520. The van der Waals surface area contributed by atoms with Gasteiger partial charge in [0.05, 0.1) is 28.9 Å². The van der Waals surface area contributed by atoms with Gasteiger partial charge in [-0.05, 0) is 38.2 Å². The molecule has 0 aliphatic carbocycles. The second-order valence-corrected chi connectivity index (χ2v) is 4.76. The van der Waals surface area contributed by atoms with Crippen LogP contribution in [0.4, 0.5) is 0 Å². The highest BCUT2D eigenvalue weighted by atomic mass is 32.1. The van der Waals surface area contributed by atoms with Crippen LogP contribution in [0.25, 0.3) is 0 Å². The number of aromatic nitrogens is 2. The van der Waals surface area contributed by atoms with Crippen molar-refractivity contribution < 1.29 is 9.84 Å². The van der Waals surface area contributed by atoms with E-state index in [-0.39, 0.29) is 18.3 Å². The van der Waals surface area contributed by atoms with Gasteiger partial charge in [0.15, 0.2) is 0 Å². The summed E-state index contributed by atoms with van der Waals surface area (Å²) < 4.78 is 9.69. The van der Waals surface area contributed by atoms with E-state index >= 15 is 0 Å². The van der Waals surface area contributed by atoms with Gasteiger partial charge in [-0.15, -0.1) is 5.10 Å². The summed E-state index contributed by atoms with van der Waals surface area (Å²) in [6.07, 6.45) is 1.92. The first kappa shape index (κ1) is 10.0. The Morgan fingerprint density at radius 3 is 3.00 bits per heavy atom. The maximum Gasteiger partial charge on any atom is 0.0961 e. The molecule has 5 heteroatoms. The molecule has 1 aromatic rings. The summed E-state index contributed by atoms with van der Waals surface area (Å²) in [6.45, 7) is 3.96. The number of nitrogens with zero attached hydrogens (tertiary/aromatic N) is 2. The van der Waals surface area contributed by atoms with E-state index in [1.54, 1.807) is 0 Å². The number of rotatable bonds is 2. The molecule has 0 aromatic carbocycles. The Labute approximate surface area is 87.1 Å². The highest BCUT2D eigenvalue weighted by Crippen LogP contribution is 2.40. The summed E-state index contributed by atoms with van der Waals surface area (Å²) in [7, 11) is 0. The molecule has 0 spiro atoms. The van der Waals surface area contributed by atoms with E-state index in [9.17, 15) is 0 Å². The minimum Gasteiger partial charge on any atom is -0.393 e. The monoisotopic (exact) mass is 214 g/mol. The summed E-state index contributed by atoms with van der Waals surface area (Å²) in [5.74, 6) is 0. The Balaban J connectivity index is 2.13. The van der Waals surface area contributed by atoms with Crippen LogP contribution in [-0.2, 0) is 4.74 Å². The van der Waals surface area contributed by atoms with Crippen molar-refractivity contribution in [3.8, 4) is 0 Å². The van der Waals surface area contributed by atoms with Crippen molar-refractivity contribution in [1.29, 1.82) is 0 Å². The van der Waals surface area contributed by atoms with Crippen molar-refractivity contribution in [2.45, 2.75) is 38.4 Å². The number of aliphatic hydroxyl groups is 1. The third-order valence-corrected chi connectivity index (χ3v) is 3.59. The summed E-state index contributed by atoms with van der Waals surface area (Å²) in [5, 5.41) is 13.1. The number of hydrogen-bond acceptors (Lipinski definition) is 5. The molecule has 14 heavy (non-hydrogen) atoms. The van der Waals surface area contributed by atoms with E-state index < -0.39 is 0 Å². The third-order valence-electron chi connectivity index (χ3n) is 2.68. The molecule has 0 saturated carbocycles. The number of aryl methyl sites for hydroxylation is 1. The smallest absolute Gasteiger partial charge is 0.0961 e. The van der Waals surface area contributed by atoms with E-state index in [0.29, 0.717) is 0 Å². The minimum atomic E-state index is -0.374. The fourth-order valence-electron chi connectivity index (χ4n) is 1.73. The van der Waals surface area contributed by atoms with Gasteiger partial charge in [-0.1, -0.05) is 4.49 Å². The van der Waals surface area contributed by atoms with E-state index in [1.165, 1.54) is 11.5 Å². The highest BCUT2D eigenvalue weighted by molar-refractivity contribution is 7.05. The molecule has 78 valence electrons. The quantitative estimate of drug-likeness (QED) is 0.809. The highest BCUT2D eigenvalue weighted by Gasteiger charge is 2.37. The van der Waals surface area contributed by atoms with Crippen molar-refractivity contribution in [2.75, 3.05) is 6.61 Å². The minimum absolute atomic E-state index is 0.0761. The fraction of sp³-hybridized carbons (Fsp3) is 0.778. The van der Waals surface area contributed by atoms with Gasteiger partial charge < -0.3 is 9.84 Å². The molecule has 4 nitrogen and oxygen atoms in total. The molecule has 1 saturated heterocycles. The van der Waals surface area contributed by atoms with Gasteiger partial charge in [0.25, 0.3) is 0 Å². The SMILES string of the molecule is Cc1nnsc1C1CCC(C)(CO)O1. The normalized spacial score (nSPS) is 32.4. The van der Waals surface area contributed by atoms with E-state index in [0.717, 1.165) is 23.4 Å². The molecule has 2 rings (SSSR count). The molecule has 2 heterocycles. The van der Waals surface area contributed by atoms with Crippen LogP contribution in [-0.4, -0.2) is 26.9 Å². The first-order valence-electron chi connectivity index (χ1n) is 4.72. The van der Waals surface area contributed by atoms with Crippen LogP contribution in [0.1, 0.15) is 36.4 Å². The lowest BCUT2D eigenvalue weighted by Gasteiger charge is -2.21. The van der Waals surface area contributed by atoms with Gasteiger partial charge in [0, 0.05) is 0 Å². The zero-order chi connectivity index (χ0) is 10.2. The summed E-state index contributed by atoms with van der Waals surface area (Å²) in [4.78, 5) is 1.10. The van der Waals surface area contributed by atoms with Crippen molar-refractivity contribution in [3.05, 3.63) is 10.6 Å². The Kier molecular flexibility index (Phi) is 2.55. The van der Waals surface area contributed by atoms with Crippen LogP contribution in [0.15, 0.2) is 0 Å². The molecule has 1 fully saturated rings. The Morgan fingerprint density at radius 1 is 1.71 bits per heavy atom. The lowest BCUT2D eigenvalue weighted by atomic mass is 10.0. The van der Waals surface area contributed by atoms with Crippen molar-refractivity contribution in [2.24, 2.45) is 0 Å². The van der Waals surface area contributed by atoms with Crippen LogP contribution in [0.5, 0.6) is 0 Å². The maximum atomic E-state index is 9.16. The zero-order valence-electron chi connectivity index (χ0n) is 8.36. The van der Waals surface area contributed by atoms with E-state index in [2.05, 4.69) is 9.59 Å². The third kappa shape index (κ3) is 1.67. The topological polar surface area (TPSA) is 55.2 Å². The maximum absolute atomic E-state index is 9.16.